The van der Waals surface area contributed by atoms with Crippen LogP contribution < -0.4 is 10.6 Å². The molecule has 1 aromatic rings. The number of rotatable bonds is 5. The van der Waals surface area contributed by atoms with Gasteiger partial charge in [0.05, 0.1) is 6.10 Å². The minimum Gasteiger partial charge on any atom is -0.390 e. The summed E-state index contributed by atoms with van der Waals surface area (Å²) in [5, 5.41) is 25.2. The lowest BCUT2D eigenvalue weighted by molar-refractivity contribution is -0.119. The van der Waals surface area contributed by atoms with Crippen LogP contribution in [0.15, 0.2) is 18.2 Å². The Bertz CT molecular complexity index is 530. The van der Waals surface area contributed by atoms with Crippen molar-refractivity contribution >= 4 is 11.8 Å². The topological polar surface area (TPSA) is 98.7 Å². The number of hydrogen-bond donors (Lipinski definition) is 4. The first-order chi connectivity index (χ1) is 9.49. The monoisotopic (exact) mass is 278 g/mol. The van der Waals surface area contributed by atoms with Crippen molar-refractivity contribution in [3.8, 4) is 0 Å². The fourth-order valence-electron chi connectivity index (χ4n) is 2.21. The molecule has 2 unspecified atom stereocenters. The molecule has 0 radical (unpaired) electrons. The number of hydrogen-bond acceptors (Lipinski definition) is 4. The van der Waals surface area contributed by atoms with Gasteiger partial charge in [-0.15, -0.1) is 0 Å². The molecule has 1 aliphatic rings. The lowest BCUT2D eigenvalue weighted by Crippen LogP contribution is -2.27. The highest BCUT2D eigenvalue weighted by molar-refractivity contribution is 5.98. The van der Waals surface area contributed by atoms with E-state index >= 15 is 0 Å². The molecule has 0 bridgehead atoms. The minimum absolute atomic E-state index is 0.118. The van der Waals surface area contributed by atoms with Gasteiger partial charge in [-0.05, 0) is 23.6 Å². The molecule has 20 heavy (non-hydrogen) atoms. The summed E-state index contributed by atoms with van der Waals surface area (Å²) in [6.07, 6.45) is -1.75. The van der Waals surface area contributed by atoms with Gasteiger partial charge in [0.1, 0.15) is 6.10 Å². The predicted molar refractivity (Wildman–Crippen MR) is 71.9 cm³/mol. The first kappa shape index (κ1) is 14.5. The van der Waals surface area contributed by atoms with Gasteiger partial charge in [0.2, 0.25) is 5.91 Å². The SMILES string of the molecule is CC(=O)NCCC(O)C(O)c1ccc2c(c1)CNC2=O. The van der Waals surface area contributed by atoms with Gasteiger partial charge in [-0.2, -0.15) is 0 Å². The summed E-state index contributed by atoms with van der Waals surface area (Å²) in [7, 11) is 0. The van der Waals surface area contributed by atoms with Crippen molar-refractivity contribution in [1.82, 2.24) is 10.6 Å². The van der Waals surface area contributed by atoms with E-state index in [1.54, 1.807) is 18.2 Å². The lowest BCUT2D eigenvalue weighted by atomic mass is 9.98. The average molecular weight is 278 g/mol. The Morgan fingerprint density at radius 1 is 1.45 bits per heavy atom. The van der Waals surface area contributed by atoms with Gasteiger partial charge in [0, 0.05) is 25.6 Å². The standard InChI is InChI=1S/C14H18N2O4/c1-8(17)15-5-4-12(18)13(19)9-2-3-11-10(6-9)7-16-14(11)20/h2-3,6,12-13,18-19H,4-5,7H2,1H3,(H,15,17)(H,16,20). The van der Waals surface area contributed by atoms with Crippen molar-refractivity contribution in [1.29, 1.82) is 0 Å². The molecule has 6 nitrogen and oxygen atoms in total. The van der Waals surface area contributed by atoms with Crippen molar-refractivity contribution in [2.45, 2.75) is 32.1 Å². The van der Waals surface area contributed by atoms with Crippen molar-refractivity contribution in [3.63, 3.8) is 0 Å². The smallest absolute Gasteiger partial charge is 0.251 e. The maximum atomic E-state index is 11.4. The number of carbonyl (C=O) groups is 2. The first-order valence-corrected chi connectivity index (χ1v) is 6.50. The van der Waals surface area contributed by atoms with Crippen molar-refractivity contribution < 1.29 is 19.8 Å². The highest BCUT2D eigenvalue weighted by Crippen LogP contribution is 2.24. The third kappa shape index (κ3) is 3.15. The predicted octanol–water partition coefficient (Wildman–Crippen LogP) is -0.150. The Morgan fingerprint density at radius 3 is 2.90 bits per heavy atom. The van der Waals surface area contributed by atoms with Crippen LogP contribution in [0.1, 0.15) is 40.9 Å². The summed E-state index contributed by atoms with van der Waals surface area (Å²) >= 11 is 0. The van der Waals surface area contributed by atoms with E-state index in [2.05, 4.69) is 10.6 Å². The summed E-state index contributed by atoms with van der Waals surface area (Å²) in [5.41, 5.74) is 1.99. The Hall–Kier alpha value is -1.92. The summed E-state index contributed by atoms with van der Waals surface area (Å²) in [6.45, 7) is 2.14. The van der Waals surface area contributed by atoms with Crippen LogP contribution in [0.4, 0.5) is 0 Å². The summed E-state index contributed by atoms with van der Waals surface area (Å²) in [5.74, 6) is -0.291. The van der Waals surface area contributed by atoms with Gasteiger partial charge in [-0.25, -0.2) is 0 Å². The molecule has 0 aliphatic carbocycles. The van der Waals surface area contributed by atoms with Crippen LogP contribution in [0, 0.1) is 0 Å². The zero-order valence-electron chi connectivity index (χ0n) is 11.2. The molecule has 1 aliphatic heterocycles. The van der Waals surface area contributed by atoms with E-state index in [0.29, 0.717) is 24.2 Å². The average Bonchev–Trinajstić information content (AvgIpc) is 2.78. The maximum absolute atomic E-state index is 11.4. The van der Waals surface area contributed by atoms with Crippen LogP contribution in [0.3, 0.4) is 0 Å². The van der Waals surface area contributed by atoms with Crippen molar-refractivity contribution in [3.05, 3.63) is 34.9 Å². The number of nitrogens with one attached hydrogen (secondary N) is 2. The molecule has 108 valence electrons. The van der Waals surface area contributed by atoms with Gasteiger partial charge in [-0.3, -0.25) is 9.59 Å². The fraction of sp³-hybridized carbons (Fsp3) is 0.429. The van der Waals surface area contributed by atoms with Crippen molar-refractivity contribution in [2.75, 3.05) is 6.54 Å². The number of aliphatic hydroxyl groups is 2. The number of fused-ring (bicyclic) bond motifs is 1. The summed E-state index contributed by atoms with van der Waals surface area (Å²) in [6, 6.07) is 5.01. The zero-order chi connectivity index (χ0) is 14.7. The van der Waals surface area contributed by atoms with E-state index < -0.39 is 12.2 Å². The van der Waals surface area contributed by atoms with Crippen LogP contribution >= 0.6 is 0 Å². The number of amides is 2. The highest BCUT2D eigenvalue weighted by Gasteiger charge is 2.23. The van der Waals surface area contributed by atoms with E-state index in [9.17, 15) is 19.8 Å². The molecule has 0 saturated heterocycles. The third-order valence-electron chi connectivity index (χ3n) is 3.33. The van der Waals surface area contributed by atoms with E-state index in [-0.39, 0.29) is 18.2 Å². The Balaban J connectivity index is 2.00. The molecular weight excluding hydrogens is 260 g/mol. The van der Waals surface area contributed by atoms with Gasteiger partial charge in [0.25, 0.3) is 5.91 Å². The van der Waals surface area contributed by atoms with Gasteiger partial charge in [0.15, 0.2) is 0 Å². The minimum atomic E-state index is -1.04. The Kier molecular flexibility index (Phi) is 4.36. The molecule has 1 aromatic carbocycles. The second kappa shape index (κ2) is 6.02. The summed E-state index contributed by atoms with van der Waals surface area (Å²) < 4.78 is 0. The van der Waals surface area contributed by atoms with Crippen LogP contribution in [0.2, 0.25) is 0 Å². The van der Waals surface area contributed by atoms with Crippen LogP contribution in [0.25, 0.3) is 0 Å². The molecule has 0 fully saturated rings. The first-order valence-electron chi connectivity index (χ1n) is 6.50. The molecule has 1 heterocycles. The molecule has 4 N–H and O–H groups in total. The molecule has 2 rings (SSSR count). The number of aliphatic hydroxyl groups excluding tert-OH is 2. The molecule has 0 saturated carbocycles. The van der Waals surface area contributed by atoms with Gasteiger partial charge in [-0.1, -0.05) is 12.1 Å². The molecule has 6 heteroatoms. The van der Waals surface area contributed by atoms with E-state index in [4.69, 9.17) is 0 Å². The molecule has 0 spiro atoms. The van der Waals surface area contributed by atoms with Gasteiger partial charge < -0.3 is 20.8 Å². The zero-order valence-corrected chi connectivity index (χ0v) is 11.2. The van der Waals surface area contributed by atoms with E-state index in [1.807, 2.05) is 0 Å². The number of carbonyl (C=O) groups excluding carboxylic acids is 2. The molecular formula is C14H18N2O4. The van der Waals surface area contributed by atoms with Crippen LogP contribution in [-0.2, 0) is 11.3 Å². The summed E-state index contributed by atoms with van der Waals surface area (Å²) in [4.78, 5) is 22.2. The molecule has 2 amide bonds. The second-order valence-electron chi connectivity index (χ2n) is 4.88. The second-order valence-corrected chi connectivity index (χ2v) is 4.88. The van der Waals surface area contributed by atoms with Crippen LogP contribution in [0.5, 0.6) is 0 Å². The largest absolute Gasteiger partial charge is 0.390 e. The van der Waals surface area contributed by atoms with E-state index in [1.165, 1.54) is 6.92 Å². The fourth-order valence-corrected chi connectivity index (χ4v) is 2.21. The lowest BCUT2D eigenvalue weighted by Gasteiger charge is -2.18. The molecule has 0 aromatic heterocycles. The Morgan fingerprint density at radius 2 is 2.20 bits per heavy atom. The quantitative estimate of drug-likeness (QED) is 0.602. The van der Waals surface area contributed by atoms with Crippen molar-refractivity contribution in [2.24, 2.45) is 0 Å². The normalized spacial score (nSPS) is 16.2. The maximum Gasteiger partial charge on any atom is 0.251 e. The van der Waals surface area contributed by atoms with Gasteiger partial charge >= 0.3 is 0 Å². The highest BCUT2D eigenvalue weighted by atomic mass is 16.3. The van der Waals surface area contributed by atoms with Crippen LogP contribution in [-0.4, -0.2) is 34.7 Å². The number of benzene rings is 1. The third-order valence-corrected chi connectivity index (χ3v) is 3.33. The Labute approximate surface area is 116 Å². The van der Waals surface area contributed by atoms with E-state index in [0.717, 1.165) is 5.56 Å². The molecule has 2 atom stereocenters.